The predicted molar refractivity (Wildman–Crippen MR) is 108 cm³/mol. The maximum atomic E-state index is 14.0. The van der Waals surface area contributed by atoms with Gasteiger partial charge in [-0.1, -0.05) is 36.4 Å². The van der Waals surface area contributed by atoms with Gasteiger partial charge in [-0.2, -0.15) is 0 Å². The summed E-state index contributed by atoms with van der Waals surface area (Å²) in [5.41, 5.74) is 2.47. The van der Waals surface area contributed by atoms with E-state index in [1.165, 1.54) is 28.7 Å². The van der Waals surface area contributed by atoms with Gasteiger partial charge in [-0.25, -0.2) is 4.39 Å². The number of nitrogens with one attached hydrogen (secondary N) is 1. The smallest absolute Gasteiger partial charge is 0.311 e. The fraction of sp³-hybridized carbons (Fsp3) is 0.348. The van der Waals surface area contributed by atoms with Crippen LogP contribution in [0, 0.1) is 11.7 Å². The Morgan fingerprint density at radius 2 is 1.90 bits per heavy atom. The number of hydrogen-bond donors (Lipinski definition) is 1. The van der Waals surface area contributed by atoms with Gasteiger partial charge in [0, 0.05) is 13.0 Å². The van der Waals surface area contributed by atoms with Crippen LogP contribution in [-0.4, -0.2) is 30.9 Å². The van der Waals surface area contributed by atoms with Gasteiger partial charge in [0.05, 0.1) is 17.6 Å². The molecule has 0 spiro atoms. The average Bonchev–Trinajstić information content (AvgIpc) is 3.14. The topological polar surface area (TPSA) is 75.7 Å². The van der Waals surface area contributed by atoms with Crippen LogP contribution < -0.4 is 10.2 Å². The first-order valence-electron chi connectivity index (χ1n) is 10.1. The highest BCUT2D eigenvalue weighted by atomic mass is 19.1. The second-order valence-electron chi connectivity index (χ2n) is 7.68. The van der Waals surface area contributed by atoms with E-state index in [4.69, 9.17) is 4.74 Å². The lowest BCUT2D eigenvalue weighted by molar-refractivity contribution is -0.152. The van der Waals surface area contributed by atoms with Crippen LogP contribution >= 0.6 is 0 Å². The maximum absolute atomic E-state index is 14.0. The molecule has 2 aromatic carbocycles. The first-order chi connectivity index (χ1) is 14.5. The minimum atomic E-state index is -0.722. The van der Waals surface area contributed by atoms with Gasteiger partial charge >= 0.3 is 5.97 Å². The SMILES string of the molecule is O=C(COC(=O)[C@H]1CC(=O)N(c2ccccc2F)C1)N[C@H]1CCCc2ccccc21. The Hall–Kier alpha value is -3.22. The molecule has 0 radical (unpaired) electrons. The number of carbonyl (C=O) groups excluding carboxylic acids is 3. The van der Waals surface area contributed by atoms with Crippen LogP contribution in [-0.2, 0) is 25.5 Å². The van der Waals surface area contributed by atoms with Crippen molar-refractivity contribution in [1.29, 1.82) is 0 Å². The first-order valence-corrected chi connectivity index (χ1v) is 10.1. The van der Waals surface area contributed by atoms with E-state index in [-0.39, 0.29) is 36.5 Å². The molecule has 6 nitrogen and oxygen atoms in total. The van der Waals surface area contributed by atoms with Crippen molar-refractivity contribution in [1.82, 2.24) is 5.32 Å². The van der Waals surface area contributed by atoms with Crippen molar-refractivity contribution < 1.29 is 23.5 Å². The van der Waals surface area contributed by atoms with Crippen LogP contribution in [0.15, 0.2) is 48.5 Å². The van der Waals surface area contributed by atoms with Crippen molar-refractivity contribution >= 4 is 23.5 Å². The highest BCUT2D eigenvalue weighted by molar-refractivity contribution is 5.99. The molecule has 1 aliphatic heterocycles. The molecule has 0 aromatic heterocycles. The Balaban J connectivity index is 1.31. The highest BCUT2D eigenvalue weighted by Gasteiger charge is 2.37. The molecule has 0 saturated carbocycles. The molecule has 156 valence electrons. The Bertz CT molecular complexity index is 977. The zero-order valence-electron chi connectivity index (χ0n) is 16.5. The van der Waals surface area contributed by atoms with Crippen molar-refractivity contribution in [3.8, 4) is 0 Å². The largest absolute Gasteiger partial charge is 0.455 e. The fourth-order valence-electron chi connectivity index (χ4n) is 4.16. The van der Waals surface area contributed by atoms with Crippen molar-refractivity contribution in [2.75, 3.05) is 18.1 Å². The summed E-state index contributed by atoms with van der Waals surface area (Å²) in [4.78, 5) is 38.2. The van der Waals surface area contributed by atoms with Gasteiger partial charge in [0.15, 0.2) is 6.61 Å². The Morgan fingerprint density at radius 1 is 1.13 bits per heavy atom. The molecule has 0 bridgehead atoms. The third kappa shape index (κ3) is 4.20. The lowest BCUT2D eigenvalue weighted by Gasteiger charge is -2.26. The number of ether oxygens (including phenoxy) is 1. The number of nitrogens with zero attached hydrogens (tertiary/aromatic N) is 1. The molecule has 1 aliphatic carbocycles. The summed E-state index contributed by atoms with van der Waals surface area (Å²) in [6.07, 6.45) is 2.75. The minimum absolute atomic E-state index is 0.0379. The summed E-state index contributed by atoms with van der Waals surface area (Å²) in [5.74, 6) is -2.58. The maximum Gasteiger partial charge on any atom is 0.311 e. The number of esters is 1. The van der Waals surface area contributed by atoms with Gasteiger partial charge in [-0.05, 0) is 42.5 Å². The van der Waals surface area contributed by atoms with Crippen LogP contribution in [0.3, 0.4) is 0 Å². The zero-order chi connectivity index (χ0) is 21.1. The third-order valence-electron chi connectivity index (χ3n) is 5.65. The molecule has 1 heterocycles. The van der Waals surface area contributed by atoms with Gasteiger partial charge < -0.3 is 15.0 Å². The second-order valence-corrected chi connectivity index (χ2v) is 7.68. The summed E-state index contributed by atoms with van der Waals surface area (Å²) < 4.78 is 19.1. The molecule has 1 saturated heterocycles. The number of halogens is 1. The molecular formula is C23H23FN2O4. The van der Waals surface area contributed by atoms with Crippen LogP contribution in [0.2, 0.25) is 0 Å². The number of para-hydroxylation sites is 1. The van der Waals surface area contributed by atoms with Crippen molar-refractivity contribution in [3.05, 3.63) is 65.5 Å². The highest BCUT2D eigenvalue weighted by Crippen LogP contribution is 2.30. The molecule has 30 heavy (non-hydrogen) atoms. The molecule has 2 atom stereocenters. The van der Waals surface area contributed by atoms with E-state index in [9.17, 15) is 18.8 Å². The van der Waals surface area contributed by atoms with E-state index in [1.54, 1.807) is 6.07 Å². The van der Waals surface area contributed by atoms with E-state index >= 15 is 0 Å². The third-order valence-corrected chi connectivity index (χ3v) is 5.65. The summed E-state index contributed by atoms with van der Waals surface area (Å²) in [6.45, 7) is -0.363. The molecule has 1 fully saturated rings. The lowest BCUT2D eigenvalue weighted by atomic mass is 9.88. The van der Waals surface area contributed by atoms with Crippen LogP contribution in [0.5, 0.6) is 0 Å². The van der Waals surface area contributed by atoms with Crippen LogP contribution in [0.25, 0.3) is 0 Å². The van der Waals surface area contributed by atoms with E-state index < -0.39 is 24.3 Å². The molecule has 1 N–H and O–H groups in total. The molecule has 2 amide bonds. The standard InChI is InChI=1S/C23H23FN2O4/c24-18-9-3-4-11-20(18)26-13-16(12-22(26)28)23(29)30-14-21(27)25-19-10-5-7-15-6-1-2-8-17(15)19/h1-4,6,8-9,11,16,19H,5,7,10,12-14H2,(H,25,27)/t16-,19-/m0/s1. The zero-order valence-corrected chi connectivity index (χ0v) is 16.5. The Labute approximate surface area is 174 Å². The number of benzene rings is 2. The number of hydrogen-bond acceptors (Lipinski definition) is 4. The van der Waals surface area contributed by atoms with Crippen molar-refractivity contribution in [2.24, 2.45) is 5.92 Å². The van der Waals surface area contributed by atoms with Gasteiger partial charge in [0.2, 0.25) is 5.91 Å². The molecule has 4 rings (SSSR count). The summed E-state index contributed by atoms with van der Waals surface area (Å²) in [5, 5.41) is 2.93. The Kier molecular flexibility index (Phi) is 5.79. The summed E-state index contributed by atoms with van der Waals surface area (Å²) in [7, 11) is 0. The van der Waals surface area contributed by atoms with E-state index in [2.05, 4.69) is 11.4 Å². The second kappa shape index (κ2) is 8.65. The van der Waals surface area contributed by atoms with Gasteiger partial charge in [0.25, 0.3) is 5.91 Å². The van der Waals surface area contributed by atoms with E-state index in [0.717, 1.165) is 24.8 Å². The number of aryl methyl sites for hydroxylation is 1. The van der Waals surface area contributed by atoms with E-state index in [0.29, 0.717) is 0 Å². The number of carbonyl (C=O) groups is 3. The molecule has 2 aromatic rings. The van der Waals surface area contributed by atoms with Gasteiger partial charge in [-0.3, -0.25) is 14.4 Å². The molecule has 0 unspecified atom stereocenters. The van der Waals surface area contributed by atoms with Gasteiger partial charge in [-0.15, -0.1) is 0 Å². The van der Waals surface area contributed by atoms with E-state index in [1.807, 2.05) is 18.2 Å². The monoisotopic (exact) mass is 410 g/mol. The number of amides is 2. The minimum Gasteiger partial charge on any atom is -0.455 e. The van der Waals surface area contributed by atoms with Crippen molar-refractivity contribution in [3.63, 3.8) is 0 Å². The normalized spacial score (nSPS) is 20.6. The Morgan fingerprint density at radius 3 is 2.73 bits per heavy atom. The van der Waals surface area contributed by atoms with Crippen LogP contribution in [0.1, 0.15) is 36.4 Å². The summed E-state index contributed by atoms with van der Waals surface area (Å²) >= 11 is 0. The quantitative estimate of drug-likeness (QED) is 0.769. The number of rotatable bonds is 5. The molecular weight excluding hydrogens is 387 g/mol. The molecule has 2 aliphatic rings. The number of fused-ring (bicyclic) bond motifs is 1. The average molecular weight is 410 g/mol. The molecule has 7 heteroatoms. The number of anilines is 1. The van der Waals surface area contributed by atoms with Gasteiger partial charge in [0.1, 0.15) is 5.82 Å². The first kappa shape index (κ1) is 20.1. The summed E-state index contributed by atoms with van der Waals surface area (Å²) in [6, 6.07) is 13.8. The lowest BCUT2D eigenvalue weighted by Crippen LogP contribution is -2.35. The predicted octanol–water partition coefficient (Wildman–Crippen LogP) is 2.92. The fourth-order valence-corrected chi connectivity index (χ4v) is 4.16. The van der Waals surface area contributed by atoms with Crippen LogP contribution in [0.4, 0.5) is 10.1 Å². The van der Waals surface area contributed by atoms with Crippen molar-refractivity contribution in [2.45, 2.75) is 31.7 Å².